The fourth-order valence-electron chi connectivity index (χ4n) is 3.65. The minimum atomic E-state index is -3.02. The molecule has 1 aliphatic rings. The van der Waals surface area contributed by atoms with Crippen molar-refractivity contribution < 1.29 is 27.2 Å². The van der Waals surface area contributed by atoms with Crippen LogP contribution < -0.4 is 15.2 Å². The third-order valence-electron chi connectivity index (χ3n) is 5.12. The van der Waals surface area contributed by atoms with Crippen LogP contribution in [0, 0.1) is 0 Å². The molecule has 2 aromatic heterocycles. The van der Waals surface area contributed by atoms with Crippen LogP contribution in [0.4, 0.5) is 14.6 Å². The molecule has 0 unspecified atom stereocenters. The first-order chi connectivity index (χ1) is 16.1. The van der Waals surface area contributed by atoms with E-state index in [9.17, 15) is 13.6 Å². The number of halogens is 2. The van der Waals surface area contributed by atoms with Crippen molar-refractivity contribution in [1.82, 2.24) is 19.3 Å². The minimum absolute atomic E-state index is 0.108. The van der Waals surface area contributed by atoms with Crippen molar-refractivity contribution in [3.8, 4) is 11.5 Å². The lowest BCUT2D eigenvalue weighted by Crippen LogP contribution is -2.32. The van der Waals surface area contributed by atoms with E-state index in [4.69, 9.17) is 14.6 Å². The van der Waals surface area contributed by atoms with Crippen molar-refractivity contribution in [3.63, 3.8) is 0 Å². The highest BCUT2D eigenvalue weighted by Gasteiger charge is 2.31. The van der Waals surface area contributed by atoms with Crippen molar-refractivity contribution in [2.75, 3.05) is 19.3 Å². The first kappa shape index (κ1) is 15.8. The number of nitrogens with zero attached hydrogens (tertiary/aromatic N) is 4. The number of anilines is 1. The Hall–Kier alpha value is -3.95. The number of rotatable bonds is 4. The zero-order valence-corrected chi connectivity index (χ0v) is 15.8. The summed E-state index contributed by atoms with van der Waals surface area (Å²) in [5.41, 5.74) is 8.00. The van der Waals surface area contributed by atoms with E-state index in [2.05, 4.69) is 14.7 Å². The first-order valence-electron chi connectivity index (χ1n) is 10.7. The molecule has 0 radical (unpaired) electrons. The van der Waals surface area contributed by atoms with Crippen molar-refractivity contribution in [2.24, 2.45) is 0 Å². The molecule has 10 heteroatoms. The van der Waals surface area contributed by atoms with Crippen LogP contribution in [0.1, 0.15) is 26.1 Å². The Labute approximate surface area is 179 Å². The number of fused-ring (bicyclic) bond motifs is 4. The fourth-order valence-corrected chi connectivity index (χ4v) is 3.65. The van der Waals surface area contributed by atoms with Crippen LogP contribution in [0.25, 0.3) is 16.6 Å². The Kier molecular flexibility index (Phi) is 3.62. The normalized spacial score (nSPS) is 17.1. The number of amides is 1. The Bertz CT molecular complexity index is 1430. The Balaban J connectivity index is 1.55. The summed E-state index contributed by atoms with van der Waals surface area (Å²) < 4.78 is 60.7. The van der Waals surface area contributed by atoms with Crippen molar-refractivity contribution in [1.29, 1.82) is 0 Å². The van der Waals surface area contributed by atoms with E-state index in [1.165, 1.54) is 42.9 Å². The maximum absolute atomic E-state index is 13.5. The number of hydrogen-bond donors (Lipinski definition) is 1. The molecule has 4 aromatic rings. The number of nitrogens with two attached hydrogens (primary N) is 1. The predicted octanol–water partition coefficient (Wildman–Crippen LogP) is 3.27. The average molecular weight is 428 g/mol. The van der Waals surface area contributed by atoms with Crippen LogP contribution in [0.3, 0.4) is 0 Å². The Morgan fingerprint density at radius 3 is 3.03 bits per heavy atom. The van der Waals surface area contributed by atoms with Gasteiger partial charge in [0.05, 0.1) is 29.6 Å². The summed E-state index contributed by atoms with van der Waals surface area (Å²) in [6.45, 7) is -5.99. The third kappa shape index (κ3) is 3.16. The number of nitrogen functional groups attached to an aromatic ring is 1. The summed E-state index contributed by atoms with van der Waals surface area (Å²) in [6, 6.07) is 7.52. The number of likely N-dealkylation sites (N-methyl/N-ethyl adjacent to an activating group) is 1. The number of aromatic nitrogens is 3. The molecule has 158 valence electrons. The van der Waals surface area contributed by atoms with Crippen LogP contribution in [0.2, 0.25) is 0 Å². The molecule has 0 saturated heterocycles. The fraction of sp³-hybridized carbons (Fsp3) is 0.190. The molecule has 1 aliphatic heterocycles. The molecule has 1 amide bonds. The highest BCUT2D eigenvalue weighted by molar-refractivity contribution is 5.98. The summed E-state index contributed by atoms with van der Waals surface area (Å²) in [5, 5.41) is 0. The van der Waals surface area contributed by atoms with E-state index in [0.29, 0.717) is 22.1 Å². The maximum Gasteiger partial charge on any atom is 0.387 e. The second kappa shape index (κ2) is 7.08. The lowest BCUT2D eigenvalue weighted by atomic mass is 10.1. The highest BCUT2D eigenvalue weighted by Crippen LogP contribution is 2.38. The number of carbonyl (C=O) groups is 1. The minimum Gasteiger partial charge on any atom is -0.491 e. The second-order valence-corrected chi connectivity index (χ2v) is 6.93. The highest BCUT2D eigenvalue weighted by atomic mass is 19.3. The SMILES string of the molecule is [2H]C([2H])([2H])N(C(=O)c1ccc2nc(N)c3cncn3c2c1)[C@@H]1COc2cc(OC(F)F)ccc21. The smallest absolute Gasteiger partial charge is 0.387 e. The summed E-state index contributed by atoms with van der Waals surface area (Å²) in [4.78, 5) is 22.6. The van der Waals surface area contributed by atoms with E-state index in [1.807, 2.05) is 0 Å². The third-order valence-corrected chi connectivity index (χ3v) is 5.12. The van der Waals surface area contributed by atoms with Gasteiger partial charge in [0.2, 0.25) is 0 Å². The quantitative estimate of drug-likeness (QED) is 0.536. The summed E-state index contributed by atoms with van der Waals surface area (Å²) >= 11 is 0. The topological polar surface area (TPSA) is 95.0 Å². The van der Waals surface area contributed by atoms with Gasteiger partial charge in [-0.15, -0.1) is 0 Å². The Morgan fingerprint density at radius 2 is 2.23 bits per heavy atom. The molecule has 0 fully saturated rings. The van der Waals surface area contributed by atoms with Crippen LogP contribution in [0.15, 0.2) is 48.9 Å². The molecule has 0 bridgehead atoms. The van der Waals surface area contributed by atoms with Gasteiger partial charge in [-0.2, -0.15) is 8.78 Å². The number of alkyl halides is 2. The lowest BCUT2D eigenvalue weighted by Gasteiger charge is -2.24. The van der Waals surface area contributed by atoms with E-state index in [-0.39, 0.29) is 29.5 Å². The van der Waals surface area contributed by atoms with Crippen LogP contribution in [-0.4, -0.2) is 45.4 Å². The molecule has 2 N–H and O–H groups in total. The molecule has 3 heterocycles. The molecule has 0 saturated carbocycles. The van der Waals surface area contributed by atoms with Crippen molar-refractivity contribution in [2.45, 2.75) is 12.7 Å². The van der Waals surface area contributed by atoms with Gasteiger partial charge in [-0.3, -0.25) is 9.20 Å². The van der Waals surface area contributed by atoms with Gasteiger partial charge in [0, 0.05) is 28.3 Å². The lowest BCUT2D eigenvalue weighted by molar-refractivity contribution is -0.0499. The molecular weight excluding hydrogens is 408 g/mol. The van der Waals surface area contributed by atoms with E-state index >= 15 is 0 Å². The van der Waals surface area contributed by atoms with Crippen LogP contribution in [0.5, 0.6) is 11.5 Å². The zero-order chi connectivity index (χ0) is 24.2. The van der Waals surface area contributed by atoms with E-state index < -0.39 is 25.5 Å². The molecule has 0 spiro atoms. The first-order valence-corrected chi connectivity index (χ1v) is 9.20. The van der Waals surface area contributed by atoms with Crippen molar-refractivity contribution >= 4 is 28.3 Å². The molecular formula is C21H17F2N5O3. The number of benzene rings is 2. The molecule has 2 aromatic carbocycles. The maximum atomic E-state index is 13.5. The average Bonchev–Trinajstić information content (AvgIpc) is 3.40. The van der Waals surface area contributed by atoms with Gasteiger partial charge >= 0.3 is 6.61 Å². The molecule has 0 aliphatic carbocycles. The molecule has 8 nitrogen and oxygen atoms in total. The van der Waals surface area contributed by atoms with Crippen LogP contribution in [-0.2, 0) is 0 Å². The number of hydrogen-bond acceptors (Lipinski definition) is 6. The number of imidazole rings is 1. The van der Waals surface area contributed by atoms with Gasteiger partial charge in [-0.25, -0.2) is 9.97 Å². The molecule has 1 atom stereocenters. The monoisotopic (exact) mass is 428 g/mol. The van der Waals surface area contributed by atoms with Gasteiger partial charge < -0.3 is 20.1 Å². The van der Waals surface area contributed by atoms with Gasteiger partial charge in [0.25, 0.3) is 5.91 Å². The number of ether oxygens (including phenoxy) is 2. The standard InChI is InChI=1S/C21H17F2N5O3/c1-27(17-9-30-18-7-12(31-21(22)23)3-4-13(17)18)20(29)11-2-5-14-15(6-11)28-10-25-8-16(28)19(24)26-14/h2-8,10,17,21H,9H2,1H3,(H2,24,26)/t17-/m1/s1/i1D3. The summed E-state index contributed by atoms with van der Waals surface area (Å²) in [5.74, 6) is -0.459. The van der Waals surface area contributed by atoms with E-state index in [1.54, 1.807) is 10.5 Å². The van der Waals surface area contributed by atoms with Crippen molar-refractivity contribution in [3.05, 3.63) is 60.0 Å². The predicted molar refractivity (Wildman–Crippen MR) is 108 cm³/mol. The largest absolute Gasteiger partial charge is 0.491 e. The Morgan fingerprint density at radius 1 is 1.35 bits per heavy atom. The van der Waals surface area contributed by atoms with Crippen LogP contribution >= 0.6 is 0 Å². The van der Waals surface area contributed by atoms with E-state index in [0.717, 1.165) is 4.90 Å². The summed E-state index contributed by atoms with van der Waals surface area (Å²) in [7, 11) is 0. The van der Waals surface area contributed by atoms with Gasteiger partial charge in [-0.05, 0) is 30.3 Å². The second-order valence-electron chi connectivity index (χ2n) is 6.93. The zero-order valence-electron chi connectivity index (χ0n) is 18.8. The number of carbonyl (C=O) groups excluding carboxylic acids is 1. The van der Waals surface area contributed by atoms with Gasteiger partial charge in [-0.1, -0.05) is 0 Å². The summed E-state index contributed by atoms with van der Waals surface area (Å²) in [6.07, 6.45) is 3.05. The van der Waals surface area contributed by atoms with Gasteiger partial charge in [0.15, 0.2) is 0 Å². The van der Waals surface area contributed by atoms with Gasteiger partial charge in [0.1, 0.15) is 29.4 Å². The molecule has 31 heavy (non-hydrogen) atoms. The molecule has 5 rings (SSSR count).